The van der Waals surface area contributed by atoms with Crippen molar-refractivity contribution in [2.75, 3.05) is 0 Å². The van der Waals surface area contributed by atoms with Crippen LogP contribution in [0.5, 0.6) is 0 Å². The van der Waals surface area contributed by atoms with Gasteiger partial charge < -0.3 is 0 Å². The van der Waals surface area contributed by atoms with Gasteiger partial charge in [-0.3, -0.25) is 0 Å². The van der Waals surface area contributed by atoms with Gasteiger partial charge in [-0.05, 0) is 66.8 Å². The third kappa shape index (κ3) is 7.45. The molecule has 0 saturated carbocycles. The highest BCUT2D eigenvalue weighted by atomic mass is 14.4. The first-order valence-electron chi connectivity index (χ1n) is 19.6. The molecule has 0 fully saturated rings. The topological polar surface area (TPSA) is 0 Å². The van der Waals surface area contributed by atoms with E-state index in [1.807, 2.05) is 27.7 Å². The Hall–Kier alpha value is -4.68. The molecule has 9 rings (SSSR count). The van der Waals surface area contributed by atoms with Crippen molar-refractivity contribution in [3.05, 3.63) is 179 Å². The monoisotopic (exact) mass is 686 g/mol. The Balaban J connectivity index is 0.000000161. The molecule has 0 aromatic heterocycles. The molecule has 52 heavy (non-hydrogen) atoms. The van der Waals surface area contributed by atoms with Gasteiger partial charge in [-0.15, -0.1) is 0 Å². The minimum Gasteiger partial charge on any atom is -0.0683 e. The van der Waals surface area contributed by atoms with E-state index in [9.17, 15) is 0 Å². The first-order chi connectivity index (χ1) is 25.0. The van der Waals surface area contributed by atoms with E-state index < -0.39 is 0 Å². The first kappa shape index (κ1) is 40.1. The molecule has 0 heterocycles. The van der Waals surface area contributed by atoms with Gasteiger partial charge in [-0.2, -0.15) is 0 Å². The molecule has 0 spiro atoms. The van der Waals surface area contributed by atoms with Crippen molar-refractivity contribution in [3.63, 3.8) is 0 Å². The van der Waals surface area contributed by atoms with Crippen LogP contribution in [-0.2, 0) is 16.2 Å². The second kappa shape index (κ2) is 17.2. The Morgan fingerprint density at radius 2 is 0.385 bits per heavy atom. The lowest BCUT2D eigenvalue weighted by molar-refractivity contribution is 0.660. The molecule has 0 heteroatoms. The predicted molar refractivity (Wildman–Crippen MR) is 231 cm³/mol. The third-order valence-electron chi connectivity index (χ3n) is 10.5. The quantitative estimate of drug-likeness (QED) is 0.149. The fraction of sp³-hybridized carbons (Fsp3) is 0.308. The van der Waals surface area contributed by atoms with Crippen LogP contribution >= 0.6 is 0 Å². The molecular formula is C52H62. The van der Waals surface area contributed by atoms with Gasteiger partial charge >= 0.3 is 0 Å². The van der Waals surface area contributed by atoms with Gasteiger partial charge in [0.2, 0.25) is 0 Å². The highest BCUT2D eigenvalue weighted by Crippen LogP contribution is 2.50. The van der Waals surface area contributed by atoms with Crippen LogP contribution < -0.4 is 0 Å². The van der Waals surface area contributed by atoms with Crippen LogP contribution in [0.25, 0.3) is 33.4 Å². The van der Waals surface area contributed by atoms with Gasteiger partial charge in [0, 0.05) is 16.2 Å². The van der Waals surface area contributed by atoms with Crippen LogP contribution in [0.15, 0.2) is 146 Å². The molecule has 0 N–H and O–H groups in total. The van der Waals surface area contributed by atoms with Crippen molar-refractivity contribution in [2.45, 2.75) is 106 Å². The summed E-state index contributed by atoms with van der Waals surface area (Å²) in [7, 11) is 0. The summed E-state index contributed by atoms with van der Waals surface area (Å²) in [4.78, 5) is 0. The Kier molecular flexibility index (Phi) is 13.3. The molecule has 0 saturated heterocycles. The summed E-state index contributed by atoms with van der Waals surface area (Å²) in [6.07, 6.45) is 1.25. The van der Waals surface area contributed by atoms with Gasteiger partial charge in [-0.1, -0.05) is 235 Å². The lowest BCUT2D eigenvalue weighted by Crippen LogP contribution is -2.14. The maximum Gasteiger partial charge on any atom is 0.0158 e. The van der Waals surface area contributed by atoms with Crippen molar-refractivity contribution < 1.29 is 0 Å². The molecule has 0 aliphatic heterocycles. The van der Waals surface area contributed by atoms with E-state index >= 15 is 0 Å². The van der Waals surface area contributed by atoms with E-state index in [0.717, 1.165) is 0 Å². The average molecular weight is 687 g/mol. The van der Waals surface area contributed by atoms with Gasteiger partial charge in [-0.25, -0.2) is 0 Å². The highest BCUT2D eigenvalue weighted by molar-refractivity contribution is 5.82. The zero-order valence-electron chi connectivity index (χ0n) is 34.1. The number of benzene rings is 6. The number of hydrogen-bond donors (Lipinski definition) is 0. The molecule has 6 aromatic rings. The standard InChI is InChI=1S/3C15H14.C3H8.2C2H6/c3*1-15(2)13-9-5-3-7-11(13)12-8-4-6-10-14(12)15;1-3-2;2*1-2/h3*3-10H,1-2H3;3H2,1-2H3;2*1-2H3. The Morgan fingerprint density at radius 3 is 0.519 bits per heavy atom. The van der Waals surface area contributed by atoms with Crippen molar-refractivity contribution in [2.24, 2.45) is 0 Å². The first-order valence-corrected chi connectivity index (χ1v) is 19.6. The minimum atomic E-state index is 0.160. The maximum absolute atomic E-state index is 2.30. The van der Waals surface area contributed by atoms with E-state index in [-0.39, 0.29) is 16.2 Å². The average Bonchev–Trinajstić information content (AvgIpc) is 3.68. The van der Waals surface area contributed by atoms with Crippen molar-refractivity contribution in [1.82, 2.24) is 0 Å². The largest absolute Gasteiger partial charge is 0.0683 e. The van der Waals surface area contributed by atoms with Crippen LogP contribution in [0.1, 0.15) is 123 Å². The van der Waals surface area contributed by atoms with Crippen molar-refractivity contribution in [3.8, 4) is 33.4 Å². The molecular weight excluding hydrogens is 625 g/mol. The molecule has 270 valence electrons. The summed E-state index contributed by atoms with van der Waals surface area (Å²) in [5.74, 6) is 0. The van der Waals surface area contributed by atoms with Crippen LogP contribution in [0, 0.1) is 0 Å². The summed E-state index contributed by atoms with van der Waals surface area (Å²) in [5, 5.41) is 0. The van der Waals surface area contributed by atoms with Gasteiger partial charge in [0.1, 0.15) is 0 Å². The Bertz CT molecular complexity index is 1670. The second-order valence-electron chi connectivity index (χ2n) is 14.9. The molecule has 3 aliphatic rings. The highest BCUT2D eigenvalue weighted by Gasteiger charge is 2.36. The lowest BCUT2D eigenvalue weighted by atomic mass is 9.82. The fourth-order valence-corrected chi connectivity index (χ4v) is 8.01. The van der Waals surface area contributed by atoms with Crippen LogP contribution in [-0.4, -0.2) is 0 Å². The minimum absolute atomic E-state index is 0.160. The summed E-state index contributed by atoms with van der Waals surface area (Å²) in [5.41, 5.74) is 17.6. The summed E-state index contributed by atoms with van der Waals surface area (Å²) >= 11 is 0. The molecule has 0 atom stereocenters. The van der Waals surface area contributed by atoms with Gasteiger partial charge in [0.15, 0.2) is 0 Å². The fourth-order valence-electron chi connectivity index (χ4n) is 8.01. The zero-order chi connectivity index (χ0) is 38.1. The molecule has 3 aliphatic carbocycles. The molecule has 0 amide bonds. The predicted octanol–water partition coefficient (Wildman–Crippen LogP) is 15.4. The van der Waals surface area contributed by atoms with Crippen LogP contribution in [0.4, 0.5) is 0 Å². The Labute approximate surface area is 317 Å². The van der Waals surface area contributed by atoms with E-state index in [4.69, 9.17) is 0 Å². The molecule has 0 radical (unpaired) electrons. The molecule has 6 aromatic carbocycles. The Morgan fingerprint density at radius 1 is 0.269 bits per heavy atom. The second-order valence-corrected chi connectivity index (χ2v) is 14.9. The van der Waals surface area contributed by atoms with E-state index in [1.165, 1.54) is 73.2 Å². The summed E-state index contributed by atoms with van der Waals surface area (Å²) in [6, 6.07) is 52.3. The van der Waals surface area contributed by atoms with Gasteiger partial charge in [0.05, 0.1) is 0 Å². The van der Waals surface area contributed by atoms with E-state index in [0.29, 0.717) is 0 Å². The number of hydrogen-bond acceptors (Lipinski definition) is 0. The summed E-state index contributed by atoms with van der Waals surface area (Å²) in [6.45, 7) is 26.1. The smallest absolute Gasteiger partial charge is 0.0158 e. The lowest BCUT2D eigenvalue weighted by Gasteiger charge is -2.20. The molecule has 0 unspecified atom stereocenters. The van der Waals surface area contributed by atoms with Crippen molar-refractivity contribution >= 4 is 0 Å². The molecule has 0 nitrogen and oxygen atoms in total. The SMILES string of the molecule is CC.CC.CC1(C)c2ccccc2-c2ccccc21.CC1(C)c2ccccc2-c2ccccc21.CC1(C)c2ccccc2-c2ccccc21.CCC. The third-order valence-corrected chi connectivity index (χ3v) is 10.5. The number of fused-ring (bicyclic) bond motifs is 9. The maximum atomic E-state index is 2.30. The zero-order valence-corrected chi connectivity index (χ0v) is 34.1. The normalized spacial score (nSPS) is 14.3. The molecule has 0 bridgehead atoms. The number of rotatable bonds is 0. The van der Waals surface area contributed by atoms with Crippen molar-refractivity contribution in [1.29, 1.82) is 0 Å². The summed E-state index contributed by atoms with van der Waals surface area (Å²) < 4.78 is 0. The van der Waals surface area contributed by atoms with Crippen LogP contribution in [0.3, 0.4) is 0 Å². The van der Waals surface area contributed by atoms with E-state index in [1.54, 1.807) is 0 Å². The van der Waals surface area contributed by atoms with Gasteiger partial charge in [0.25, 0.3) is 0 Å². The van der Waals surface area contributed by atoms with E-state index in [2.05, 4.69) is 201 Å². The van der Waals surface area contributed by atoms with Crippen LogP contribution in [0.2, 0.25) is 0 Å².